The van der Waals surface area contributed by atoms with Crippen molar-refractivity contribution in [2.45, 2.75) is 296 Å². The molecule has 0 radical (unpaired) electrons. The number of carbonyl (C=O) groups is 2. The smallest absolute Gasteiger partial charge is 0.462 e. The number of phosphoric acid groups is 1. The standard InChI is InChI=1S/C56H108NO8P/c1-3-5-7-9-11-13-15-16-17-18-19-20-21-22-23-24-25-26-27-28-29-30-31-32-33-34-35-36-37-38-39-41-43-45-47-49-56(59)65-54(53-64-66(60,61)63-51-50-57)52-62-55(58)48-46-44-42-40-14-12-10-8-6-4-2/h8,10,18-19,54H,3-7,9,11-17,20-53,57H2,1-2H3,(H,60,61)/b10-8-,19-18-. The Balaban J connectivity index is 3.74. The van der Waals surface area contributed by atoms with Gasteiger partial charge in [0, 0.05) is 19.4 Å². The minimum atomic E-state index is -4.38. The highest BCUT2D eigenvalue weighted by Crippen LogP contribution is 2.43. The second kappa shape index (κ2) is 52.9. The molecule has 0 saturated carbocycles. The molecule has 0 aliphatic carbocycles. The van der Waals surface area contributed by atoms with Crippen LogP contribution in [0.2, 0.25) is 0 Å². The van der Waals surface area contributed by atoms with Crippen molar-refractivity contribution < 1.29 is 37.6 Å². The Kier molecular flexibility index (Phi) is 51.6. The van der Waals surface area contributed by atoms with Gasteiger partial charge in [0.1, 0.15) is 6.61 Å². The zero-order chi connectivity index (χ0) is 48.1. The Bertz CT molecular complexity index is 1130. The van der Waals surface area contributed by atoms with Gasteiger partial charge in [-0.1, -0.05) is 244 Å². The molecule has 2 atom stereocenters. The number of unbranched alkanes of at least 4 members (excludes halogenated alkanes) is 37. The van der Waals surface area contributed by atoms with E-state index in [4.69, 9.17) is 24.3 Å². The summed E-state index contributed by atoms with van der Waals surface area (Å²) < 4.78 is 32.8. The van der Waals surface area contributed by atoms with Crippen molar-refractivity contribution in [3.63, 3.8) is 0 Å². The van der Waals surface area contributed by atoms with Crippen molar-refractivity contribution in [2.24, 2.45) is 5.73 Å². The van der Waals surface area contributed by atoms with E-state index in [1.54, 1.807) is 0 Å². The van der Waals surface area contributed by atoms with Crippen molar-refractivity contribution in [1.82, 2.24) is 0 Å². The number of hydrogen-bond acceptors (Lipinski definition) is 8. The van der Waals surface area contributed by atoms with Gasteiger partial charge in [-0.3, -0.25) is 18.6 Å². The van der Waals surface area contributed by atoms with Crippen molar-refractivity contribution in [2.75, 3.05) is 26.4 Å². The SMILES string of the molecule is CCC/C=C\CCCCCCCC(=O)OCC(COP(=O)(O)OCCN)OC(=O)CCCCCCCCCCCCCCCCCCCCCCCCC/C=C\CCCCCCCCCC. The van der Waals surface area contributed by atoms with E-state index in [0.717, 1.165) is 57.8 Å². The number of nitrogens with two attached hydrogens (primary N) is 1. The molecule has 0 rings (SSSR count). The molecule has 2 unspecified atom stereocenters. The third kappa shape index (κ3) is 51.9. The molecule has 0 aromatic heterocycles. The molecule has 390 valence electrons. The Morgan fingerprint density at radius 3 is 1.14 bits per heavy atom. The van der Waals surface area contributed by atoms with Crippen LogP contribution in [0.1, 0.15) is 290 Å². The van der Waals surface area contributed by atoms with E-state index in [1.807, 2.05) is 0 Å². The molecule has 10 heteroatoms. The second-order valence-electron chi connectivity index (χ2n) is 19.2. The van der Waals surface area contributed by atoms with Crippen LogP contribution in [0.4, 0.5) is 0 Å². The van der Waals surface area contributed by atoms with Gasteiger partial charge in [-0.2, -0.15) is 0 Å². The lowest BCUT2D eigenvalue weighted by atomic mass is 10.0. The first-order chi connectivity index (χ1) is 32.3. The van der Waals surface area contributed by atoms with E-state index in [0.29, 0.717) is 6.42 Å². The van der Waals surface area contributed by atoms with E-state index < -0.39 is 26.5 Å². The topological polar surface area (TPSA) is 134 Å². The van der Waals surface area contributed by atoms with Gasteiger partial charge in [-0.25, -0.2) is 4.57 Å². The largest absolute Gasteiger partial charge is 0.472 e. The summed E-state index contributed by atoms with van der Waals surface area (Å²) in [5, 5.41) is 0. The second-order valence-corrected chi connectivity index (χ2v) is 20.6. The quantitative estimate of drug-likeness (QED) is 0.0264. The summed E-state index contributed by atoms with van der Waals surface area (Å²) in [6.07, 6.45) is 61.3. The molecule has 0 aliphatic rings. The van der Waals surface area contributed by atoms with Crippen molar-refractivity contribution in [1.29, 1.82) is 0 Å². The third-order valence-electron chi connectivity index (χ3n) is 12.5. The third-order valence-corrected chi connectivity index (χ3v) is 13.5. The number of rotatable bonds is 54. The molecule has 9 nitrogen and oxygen atoms in total. The minimum absolute atomic E-state index is 0.0545. The molecule has 0 bridgehead atoms. The fourth-order valence-electron chi connectivity index (χ4n) is 8.34. The predicted molar refractivity (Wildman–Crippen MR) is 280 cm³/mol. The molecule has 0 aromatic carbocycles. The predicted octanol–water partition coefficient (Wildman–Crippen LogP) is 17.5. The van der Waals surface area contributed by atoms with Crippen LogP contribution in [0.15, 0.2) is 24.3 Å². The number of allylic oxidation sites excluding steroid dienone is 4. The summed E-state index contributed by atoms with van der Waals surface area (Å²) >= 11 is 0. The lowest BCUT2D eigenvalue weighted by Gasteiger charge is -2.19. The molecular formula is C56H108NO8P. The van der Waals surface area contributed by atoms with Gasteiger partial charge in [0.05, 0.1) is 13.2 Å². The number of esters is 2. The first-order valence-electron chi connectivity index (χ1n) is 28.3. The molecule has 0 saturated heterocycles. The van der Waals surface area contributed by atoms with Crippen LogP contribution in [0, 0.1) is 0 Å². The van der Waals surface area contributed by atoms with Gasteiger partial charge in [-0.15, -0.1) is 0 Å². The molecule has 0 spiro atoms. The summed E-state index contributed by atoms with van der Waals surface area (Å²) in [6.45, 7) is 3.70. The van der Waals surface area contributed by atoms with Crippen LogP contribution in [0.25, 0.3) is 0 Å². The highest BCUT2D eigenvalue weighted by Gasteiger charge is 2.26. The van der Waals surface area contributed by atoms with Crippen LogP contribution in [0.3, 0.4) is 0 Å². The maximum absolute atomic E-state index is 12.6. The average Bonchev–Trinajstić information content (AvgIpc) is 3.31. The first kappa shape index (κ1) is 64.5. The van der Waals surface area contributed by atoms with Crippen LogP contribution in [-0.2, 0) is 32.7 Å². The maximum atomic E-state index is 12.6. The number of ether oxygens (including phenoxy) is 2. The molecule has 0 heterocycles. The molecule has 0 fully saturated rings. The Hall–Kier alpha value is -1.51. The summed E-state index contributed by atoms with van der Waals surface area (Å²) in [4.78, 5) is 34.9. The van der Waals surface area contributed by atoms with E-state index in [2.05, 4.69) is 38.2 Å². The van der Waals surface area contributed by atoms with Gasteiger partial charge in [0.25, 0.3) is 0 Å². The summed E-state index contributed by atoms with van der Waals surface area (Å²) in [6, 6.07) is 0. The van der Waals surface area contributed by atoms with Crippen molar-refractivity contribution in [3.05, 3.63) is 24.3 Å². The first-order valence-corrected chi connectivity index (χ1v) is 29.8. The van der Waals surface area contributed by atoms with E-state index in [-0.39, 0.29) is 38.6 Å². The van der Waals surface area contributed by atoms with Crippen LogP contribution in [0.5, 0.6) is 0 Å². The molecular weight excluding hydrogens is 846 g/mol. The van der Waals surface area contributed by atoms with Gasteiger partial charge < -0.3 is 20.1 Å². The number of carbonyl (C=O) groups excluding carboxylic acids is 2. The van der Waals surface area contributed by atoms with Crippen LogP contribution >= 0.6 is 7.82 Å². The zero-order valence-corrected chi connectivity index (χ0v) is 44.3. The van der Waals surface area contributed by atoms with E-state index in [9.17, 15) is 19.0 Å². The van der Waals surface area contributed by atoms with Gasteiger partial charge in [0.2, 0.25) is 0 Å². The summed E-state index contributed by atoms with van der Waals surface area (Å²) in [5.41, 5.74) is 5.36. The van der Waals surface area contributed by atoms with Gasteiger partial charge in [0.15, 0.2) is 6.10 Å². The summed E-state index contributed by atoms with van der Waals surface area (Å²) in [7, 11) is -4.38. The number of phosphoric ester groups is 1. The monoisotopic (exact) mass is 954 g/mol. The minimum Gasteiger partial charge on any atom is -0.462 e. The molecule has 3 N–H and O–H groups in total. The Labute approximate surface area is 408 Å². The Morgan fingerprint density at radius 2 is 0.773 bits per heavy atom. The van der Waals surface area contributed by atoms with E-state index in [1.165, 1.54) is 199 Å². The maximum Gasteiger partial charge on any atom is 0.472 e. The highest BCUT2D eigenvalue weighted by atomic mass is 31.2. The fourth-order valence-corrected chi connectivity index (χ4v) is 9.11. The summed E-state index contributed by atoms with van der Waals surface area (Å²) in [5.74, 6) is -0.829. The average molecular weight is 954 g/mol. The molecule has 0 aliphatic heterocycles. The van der Waals surface area contributed by atoms with Crippen LogP contribution < -0.4 is 5.73 Å². The number of hydrogen-bond donors (Lipinski definition) is 2. The fraction of sp³-hybridized carbons (Fsp3) is 0.893. The van der Waals surface area contributed by atoms with Crippen molar-refractivity contribution >= 4 is 19.8 Å². The zero-order valence-electron chi connectivity index (χ0n) is 43.5. The lowest BCUT2D eigenvalue weighted by Crippen LogP contribution is -2.29. The van der Waals surface area contributed by atoms with Gasteiger partial charge >= 0.3 is 19.8 Å². The Morgan fingerprint density at radius 1 is 0.439 bits per heavy atom. The van der Waals surface area contributed by atoms with Crippen molar-refractivity contribution in [3.8, 4) is 0 Å². The highest BCUT2D eigenvalue weighted by molar-refractivity contribution is 7.47. The molecule has 0 amide bonds. The molecule has 66 heavy (non-hydrogen) atoms. The van der Waals surface area contributed by atoms with Gasteiger partial charge in [-0.05, 0) is 57.8 Å². The lowest BCUT2D eigenvalue weighted by molar-refractivity contribution is -0.161. The van der Waals surface area contributed by atoms with Crippen LogP contribution in [-0.4, -0.2) is 49.3 Å². The molecule has 0 aromatic rings. The normalized spacial score (nSPS) is 13.2. The van der Waals surface area contributed by atoms with E-state index >= 15 is 0 Å².